The highest BCUT2D eigenvalue weighted by Crippen LogP contribution is 2.17. The SMILES string of the molecule is CC(C)N(CCSc1ccccc1)C(=O)CCCn1cncn1. The highest BCUT2D eigenvalue weighted by atomic mass is 32.2. The minimum Gasteiger partial charge on any atom is -0.339 e. The predicted molar refractivity (Wildman–Crippen MR) is 93.3 cm³/mol. The van der Waals surface area contributed by atoms with Gasteiger partial charge in [-0.05, 0) is 32.4 Å². The van der Waals surface area contributed by atoms with Crippen LogP contribution in [0.4, 0.5) is 0 Å². The second-order valence-electron chi connectivity index (χ2n) is 5.60. The first-order valence-electron chi connectivity index (χ1n) is 7.96. The van der Waals surface area contributed by atoms with Crippen molar-refractivity contribution >= 4 is 17.7 Å². The summed E-state index contributed by atoms with van der Waals surface area (Å²) in [5.41, 5.74) is 0. The molecule has 6 heteroatoms. The van der Waals surface area contributed by atoms with Crippen LogP contribution in [0.15, 0.2) is 47.9 Å². The number of carbonyl (C=O) groups excluding carboxylic acids is 1. The number of hydrogen-bond acceptors (Lipinski definition) is 4. The fraction of sp³-hybridized carbons (Fsp3) is 0.471. The van der Waals surface area contributed by atoms with E-state index in [9.17, 15) is 4.79 Å². The minimum absolute atomic E-state index is 0.216. The van der Waals surface area contributed by atoms with E-state index in [4.69, 9.17) is 0 Å². The Morgan fingerprint density at radius 1 is 1.30 bits per heavy atom. The molecule has 0 aliphatic heterocycles. The van der Waals surface area contributed by atoms with Crippen molar-refractivity contribution in [1.82, 2.24) is 19.7 Å². The lowest BCUT2D eigenvalue weighted by Crippen LogP contribution is -2.38. The van der Waals surface area contributed by atoms with Gasteiger partial charge in [-0.15, -0.1) is 11.8 Å². The highest BCUT2D eigenvalue weighted by Gasteiger charge is 2.16. The predicted octanol–water partition coefficient (Wildman–Crippen LogP) is 3.09. The molecule has 2 rings (SSSR count). The van der Waals surface area contributed by atoms with Crippen LogP contribution >= 0.6 is 11.8 Å². The summed E-state index contributed by atoms with van der Waals surface area (Å²) in [6, 6.07) is 10.5. The standard InChI is InChI=1S/C17H24N4OS/c1-15(2)21(11-12-23-16-7-4-3-5-8-16)17(22)9-6-10-20-14-18-13-19-20/h3-5,7-8,13-15H,6,9-12H2,1-2H3. The maximum Gasteiger partial charge on any atom is 0.222 e. The summed E-state index contributed by atoms with van der Waals surface area (Å²) in [6.45, 7) is 5.65. The third kappa shape index (κ3) is 6.06. The van der Waals surface area contributed by atoms with E-state index in [1.54, 1.807) is 22.8 Å². The Morgan fingerprint density at radius 2 is 2.09 bits per heavy atom. The molecule has 0 atom stereocenters. The molecule has 0 saturated heterocycles. The molecule has 1 aromatic heterocycles. The van der Waals surface area contributed by atoms with Gasteiger partial charge in [-0.1, -0.05) is 18.2 Å². The maximum absolute atomic E-state index is 12.4. The highest BCUT2D eigenvalue weighted by molar-refractivity contribution is 7.99. The van der Waals surface area contributed by atoms with Crippen molar-refractivity contribution < 1.29 is 4.79 Å². The third-order valence-electron chi connectivity index (χ3n) is 3.53. The quantitative estimate of drug-likeness (QED) is 0.662. The second kappa shape index (κ2) is 9.35. The van der Waals surface area contributed by atoms with E-state index >= 15 is 0 Å². The lowest BCUT2D eigenvalue weighted by Gasteiger charge is -2.26. The number of nitrogens with zero attached hydrogens (tertiary/aromatic N) is 4. The summed E-state index contributed by atoms with van der Waals surface area (Å²) in [7, 11) is 0. The van der Waals surface area contributed by atoms with E-state index in [0.717, 1.165) is 25.3 Å². The number of thioether (sulfide) groups is 1. The van der Waals surface area contributed by atoms with Gasteiger partial charge in [0, 0.05) is 36.2 Å². The first-order chi connectivity index (χ1) is 11.2. The Bertz CT molecular complexity index is 572. The Balaban J connectivity index is 1.74. The van der Waals surface area contributed by atoms with E-state index in [0.29, 0.717) is 6.42 Å². The molecule has 0 saturated carbocycles. The van der Waals surface area contributed by atoms with Gasteiger partial charge in [-0.25, -0.2) is 4.98 Å². The molecule has 0 aliphatic rings. The first-order valence-corrected chi connectivity index (χ1v) is 8.95. The van der Waals surface area contributed by atoms with Crippen LogP contribution in [-0.4, -0.2) is 43.9 Å². The number of aromatic nitrogens is 3. The zero-order chi connectivity index (χ0) is 16.5. The van der Waals surface area contributed by atoms with Crippen LogP contribution in [0, 0.1) is 0 Å². The molecule has 23 heavy (non-hydrogen) atoms. The van der Waals surface area contributed by atoms with Crippen LogP contribution in [0.1, 0.15) is 26.7 Å². The van der Waals surface area contributed by atoms with Crippen molar-refractivity contribution in [2.24, 2.45) is 0 Å². The number of benzene rings is 1. The lowest BCUT2D eigenvalue weighted by molar-refractivity contribution is -0.132. The van der Waals surface area contributed by atoms with Crippen LogP contribution in [-0.2, 0) is 11.3 Å². The smallest absolute Gasteiger partial charge is 0.222 e. The number of amides is 1. The first kappa shape index (κ1) is 17.5. The number of hydrogen-bond donors (Lipinski definition) is 0. The Kier molecular flexibility index (Phi) is 7.13. The summed E-state index contributed by atoms with van der Waals surface area (Å²) in [5, 5.41) is 4.05. The van der Waals surface area contributed by atoms with Gasteiger partial charge in [-0.2, -0.15) is 5.10 Å². The van der Waals surface area contributed by atoms with Gasteiger partial charge >= 0.3 is 0 Å². The molecule has 1 aromatic carbocycles. The molecule has 5 nitrogen and oxygen atoms in total. The molecular formula is C17H24N4OS. The zero-order valence-electron chi connectivity index (χ0n) is 13.8. The molecule has 124 valence electrons. The molecule has 0 spiro atoms. The van der Waals surface area contributed by atoms with E-state index in [2.05, 4.69) is 36.1 Å². The lowest BCUT2D eigenvalue weighted by atomic mass is 10.2. The molecule has 2 aromatic rings. The summed E-state index contributed by atoms with van der Waals surface area (Å²) < 4.78 is 1.76. The van der Waals surface area contributed by atoms with Crippen molar-refractivity contribution in [3.8, 4) is 0 Å². The molecule has 0 bridgehead atoms. The Morgan fingerprint density at radius 3 is 2.74 bits per heavy atom. The van der Waals surface area contributed by atoms with Crippen LogP contribution in [0.3, 0.4) is 0 Å². The minimum atomic E-state index is 0.216. The van der Waals surface area contributed by atoms with Crippen LogP contribution in [0.25, 0.3) is 0 Å². The van der Waals surface area contributed by atoms with Crippen LogP contribution < -0.4 is 0 Å². The van der Waals surface area contributed by atoms with Crippen molar-refractivity contribution in [2.75, 3.05) is 12.3 Å². The summed E-state index contributed by atoms with van der Waals surface area (Å²) in [6.07, 6.45) is 4.54. The van der Waals surface area contributed by atoms with E-state index in [-0.39, 0.29) is 11.9 Å². The zero-order valence-corrected chi connectivity index (χ0v) is 14.6. The van der Waals surface area contributed by atoms with Gasteiger partial charge in [0.05, 0.1) is 0 Å². The van der Waals surface area contributed by atoms with Gasteiger partial charge in [0.25, 0.3) is 0 Å². The van der Waals surface area contributed by atoms with Gasteiger partial charge in [0.15, 0.2) is 0 Å². The van der Waals surface area contributed by atoms with Gasteiger partial charge < -0.3 is 4.90 Å². The van der Waals surface area contributed by atoms with E-state index in [1.807, 2.05) is 23.1 Å². The molecule has 0 unspecified atom stereocenters. The van der Waals surface area contributed by atoms with Crippen molar-refractivity contribution in [3.63, 3.8) is 0 Å². The maximum atomic E-state index is 12.4. The Hall–Kier alpha value is -1.82. The summed E-state index contributed by atoms with van der Waals surface area (Å²) in [4.78, 5) is 19.5. The fourth-order valence-corrected chi connectivity index (χ4v) is 3.21. The Labute approximate surface area is 142 Å². The second-order valence-corrected chi connectivity index (χ2v) is 6.77. The normalized spacial score (nSPS) is 10.9. The molecule has 1 amide bonds. The average Bonchev–Trinajstić information content (AvgIpc) is 3.05. The number of aryl methyl sites for hydroxylation is 1. The summed E-state index contributed by atoms with van der Waals surface area (Å²) in [5.74, 6) is 1.13. The van der Waals surface area contributed by atoms with Gasteiger partial charge in [0.1, 0.15) is 12.7 Å². The van der Waals surface area contributed by atoms with Crippen LogP contribution in [0.2, 0.25) is 0 Å². The molecule has 1 heterocycles. The van der Waals surface area contributed by atoms with Crippen molar-refractivity contribution in [1.29, 1.82) is 0 Å². The van der Waals surface area contributed by atoms with Crippen molar-refractivity contribution in [2.45, 2.75) is 44.2 Å². The monoisotopic (exact) mass is 332 g/mol. The van der Waals surface area contributed by atoms with Gasteiger partial charge in [0.2, 0.25) is 5.91 Å². The molecule has 0 fully saturated rings. The topological polar surface area (TPSA) is 51.0 Å². The average molecular weight is 332 g/mol. The fourth-order valence-electron chi connectivity index (χ4n) is 2.33. The summed E-state index contributed by atoms with van der Waals surface area (Å²) >= 11 is 1.79. The molecule has 0 aliphatic carbocycles. The van der Waals surface area contributed by atoms with Crippen LogP contribution in [0.5, 0.6) is 0 Å². The van der Waals surface area contributed by atoms with Crippen molar-refractivity contribution in [3.05, 3.63) is 43.0 Å². The molecule has 0 N–H and O–H groups in total. The van der Waals surface area contributed by atoms with E-state index < -0.39 is 0 Å². The van der Waals surface area contributed by atoms with E-state index in [1.165, 1.54) is 11.2 Å². The molecular weight excluding hydrogens is 308 g/mol. The third-order valence-corrected chi connectivity index (χ3v) is 4.52. The largest absolute Gasteiger partial charge is 0.339 e. The van der Waals surface area contributed by atoms with Gasteiger partial charge in [-0.3, -0.25) is 9.48 Å². The molecule has 0 radical (unpaired) electrons. The number of carbonyl (C=O) groups is 1. The number of rotatable bonds is 9.